The molecule has 94 valence electrons. The Hall–Kier alpha value is -1.55. The molecular formula is C14H15NO2S. The van der Waals surface area contributed by atoms with Crippen molar-refractivity contribution in [3.8, 4) is 0 Å². The Balaban J connectivity index is 2.51. The van der Waals surface area contributed by atoms with E-state index in [-0.39, 0.29) is 0 Å². The lowest BCUT2D eigenvalue weighted by Crippen LogP contribution is -2.26. The molecule has 2 rings (SSSR count). The molecule has 0 saturated carbocycles. The SMILES string of the molecule is Cc1ccc2nccc(SC(C)(C)C(=O)O)c2c1. The molecule has 0 bridgehead atoms. The molecular weight excluding hydrogens is 246 g/mol. The smallest absolute Gasteiger partial charge is 0.319 e. The summed E-state index contributed by atoms with van der Waals surface area (Å²) in [5.41, 5.74) is 2.04. The summed E-state index contributed by atoms with van der Waals surface area (Å²) in [6.45, 7) is 5.44. The van der Waals surface area contributed by atoms with Crippen LogP contribution in [0.4, 0.5) is 0 Å². The summed E-state index contributed by atoms with van der Waals surface area (Å²) in [7, 11) is 0. The molecule has 1 aromatic heterocycles. The lowest BCUT2D eigenvalue weighted by atomic mass is 10.1. The zero-order valence-electron chi connectivity index (χ0n) is 10.6. The third-order valence-electron chi connectivity index (χ3n) is 2.74. The van der Waals surface area contributed by atoms with Crippen LogP contribution in [-0.2, 0) is 4.79 Å². The summed E-state index contributed by atoms with van der Waals surface area (Å²) in [6, 6.07) is 7.88. The van der Waals surface area contributed by atoms with Gasteiger partial charge in [0.25, 0.3) is 0 Å². The van der Waals surface area contributed by atoms with Crippen molar-refractivity contribution in [3.05, 3.63) is 36.0 Å². The van der Waals surface area contributed by atoms with Gasteiger partial charge in [-0.2, -0.15) is 0 Å². The van der Waals surface area contributed by atoms with Crippen molar-refractivity contribution in [2.24, 2.45) is 0 Å². The van der Waals surface area contributed by atoms with E-state index in [4.69, 9.17) is 0 Å². The monoisotopic (exact) mass is 261 g/mol. The molecule has 3 nitrogen and oxygen atoms in total. The molecule has 0 radical (unpaired) electrons. The Morgan fingerprint density at radius 3 is 2.72 bits per heavy atom. The van der Waals surface area contributed by atoms with E-state index in [1.807, 2.05) is 31.2 Å². The number of hydrogen-bond acceptors (Lipinski definition) is 3. The minimum absolute atomic E-state index is 0.815. The van der Waals surface area contributed by atoms with E-state index in [1.165, 1.54) is 11.8 Å². The van der Waals surface area contributed by atoms with Crippen LogP contribution in [0.15, 0.2) is 35.4 Å². The second-order valence-corrected chi connectivity index (χ2v) is 6.41. The molecule has 18 heavy (non-hydrogen) atoms. The van der Waals surface area contributed by atoms with Gasteiger partial charge in [-0.15, -0.1) is 11.8 Å². The van der Waals surface area contributed by atoms with Crippen LogP contribution in [-0.4, -0.2) is 20.8 Å². The van der Waals surface area contributed by atoms with Crippen LogP contribution < -0.4 is 0 Å². The number of carboxylic acid groups (broad SMARTS) is 1. The van der Waals surface area contributed by atoms with Crippen molar-refractivity contribution in [2.75, 3.05) is 0 Å². The van der Waals surface area contributed by atoms with E-state index in [9.17, 15) is 9.90 Å². The molecule has 0 saturated heterocycles. The fraction of sp³-hybridized carbons (Fsp3) is 0.286. The summed E-state index contributed by atoms with van der Waals surface area (Å²) in [4.78, 5) is 16.4. The minimum Gasteiger partial charge on any atom is -0.480 e. The predicted octanol–water partition coefficient (Wildman–Crippen LogP) is 3.50. The van der Waals surface area contributed by atoms with Crippen molar-refractivity contribution in [3.63, 3.8) is 0 Å². The number of aliphatic carboxylic acids is 1. The van der Waals surface area contributed by atoms with E-state index in [1.54, 1.807) is 20.0 Å². The molecule has 0 aliphatic heterocycles. The first-order chi connectivity index (χ1) is 8.40. The number of rotatable bonds is 3. The van der Waals surface area contributed by atoms with Gasteiger partial charge in [-0.25, -0.2) is 0 Å². The normalized spacial score (nSPS) is 11.7. The largest absolute Gasteiger partial charge is 0.480 e. The van der Waals surface area contributed by atoms with Gasteiger partial charge < -0.3 is 5.11 Å². The van der Waals surface area contributed by atoms with E-state index in [0.29, 0.717) is 0 Å². The van der Waals surface area contributed by atoms with Gasteiger partial charge in [-0.1, -0.05) is 11.6 Å². The van der Waals surface area contributed by atoms with Gasteiger partial charge in [-0.05, 0) is 39.0 Å². The van der Waals surface area contributed by atoms with Gasteiger partial charge in [0.1, 0.15) is 4.75 Å². The van der Waals surface area contributed by atoms with Gasteiger partial charge in [0, 0.05) is 16.5 Å². The van der Waals surface area contributed by atoms with Gasteiger partial charge >= 0.3 is 5.97 Å². The summed E-state index contributed by atoms with van der Waals surface area (Å²) in [5, 5.41) is 10.2. The second kappa shape index (κ2) is 4.61. The van der Waals surface area contributed by atoms with E-state index in [0.717, 1.165) is 21.4 Å². The van der Waals surface area contributed by atoms with Crippen LogP contribution in [0.1, 0.15) is 19.4 Å². The average molecular weight is 261 g/mol. The number of carbonyl (C=O) groups is 1. The van der Waals surface area contributed by atoms with Gasteiger partial charge in [0.05, 0.1) is 5.52 Å². The van der Waals surface area contributed by atoms with Crippen molar-refractivity contribution in [1.29, 1.82) is 0 Å². The highest BCUT2D eigenvalue weighted by atomic mass is 32.2. The van der Waals surface area contributed by atoms with Gasteiger partial charge in [0.15, 0.2) is 0 Å². The zero-order chi connectivity index (χ0) is 13.3. The number of fused-ring (bicyclic) bond motifs is 1. The quantitative estimate of drug-likeness (QED) is 0.859. The number of hydrogen-bond donors (Lipinski definition) is 1. The van der Waals surface area contributed by atoms with E-state index < -0.39 is 10.7 Å². The Kier molecular flexibility index (Phi) is 3.30. The summed E-state index contributed by atoms with van der Waals surface area (Å²) >= 11 is 1.35. The second-order valence-electron chi connectivity index (χ2n) is 4.75. The summed E-state index contributed by atoms with van der Waals surface area (Å²) in [5.74, 6) is -0.815. The molecule has 0 spiro atoms. The van der Waals surface area contributed by atoms with E-state index >= 15 is 0 Å². The standard InChI is InChI=1S/C14H15NO2S/c1-9-4-5-11-10(8-9)12(6-7-15-11)18-14(2,3)13(16)17/h4-8H,1-3H3,(H,16,17). The fourth-order valence-electron chi connectivity index (χ4n) is 1.64. The molecule has 0 aliphatic rings. The Morgan fingerprint density at radius 2 is 2.06 bits per heavy atom. The number of pyridine rings is 1. The molecule has 0 atom stereocenters. The maximum Gasteiger partial charge on any atom is 0.319 e. The third-order valence-corrected chi connectivity index (χ3v) is 4.00. The molecule has 0 amide bonds. The first kappa shape index (κ1) is 12.9. The maximum atomic E-state index is 11.2. The number of aryl methyl sites for hydroxylation is 1. The number of benzene rings is 1. The molecule has 2 aromatic rings. The van der Waals surface area contributed by atoms with Crippen molar-refractivity contribution in [1.82, 2.24) is 4.98 Å². The lowest BCUT2D eigenvalue weighted by molar-refractivity contribution is -0.138. The molecule has 0 fully saturated rings. The highest BCUT2D eigenvalue weighted by Crippen LogP contribution is 2.36. The molecule has 1 aromatic carbocycles. The molecule has 1 heterocycles. The summed E-state index contributed by atoms with van der Waals surface area (Å²) < 4.78 is -0.849. The Labute approximate surface area is 110 Å². The fourth-order valence-corrected chi connectivity index (χ4v) is 2.68. The number of aromatic nitrogens is 1. The van der Waals surface area contributed by atoms with E-state index in [2.05, 4.69) is 4.98 Å². The highest BCUT2D eigenvalue weighted by molar-refractivity contribution is 8.01. The number of nitrogens with zero attached hydrogens (tertiary/aromatic N) is 1. The van der Waals surface area contributed by atoms with Gasteiger partial charge in [-0.3, -0.25) is 9.78 Å². The van der Waals surface area contributed by atoms with Crippen molar-refractivity contribution in [2.45, 2.75) is 30.4 Å². The van der Waals surface area contributed by atoms with Crippen LogP contribution >= 0.6 is 11.8 Å². The minimum atomic E-state index is -0.849. The zero-order valence-corrected chi connectivity index (χ0v) is 11.4. The Morgan fingerprint density at radius 1 is 1.33 bits per heavy atom. The number of thioether (sulfide) groups is 1. The van der Waals surface area contributed by atoms with Crippen LogP contribution in [0, 0.1) is 6.92 Å². The molecule has 0 aliphatic carbocycles. The first-order valence-corrected chi connectivity index (χ1v) is 6.49. The van der Waals surface area contributed by atoms with Crippen molar-refractivity contribution >= 4 is 28.6 Å². The predicted molar refractivity (Wildman–Crippen MR) is 74.1 cm³/mol. The molecule has 1 N–H and O–H groups in total. The lowest BCUT2D eigenvalue weighted by Gasteiger charge is -2.19. The topological polar surface area (TPSA) is 50.2 Å². The number of carboxylic acids is 1. The molecule has 4 heteroatoms. The Bertz CT molecular complexity index is 608. The summed E-state index contributed by atoms with van der Waals surface area (Å²) in [6.07, 6.45) is 1.72. The van der Waals surface area contributed by atoms with Crippen LogP contribution in [0.3, 0.4) is 0 Å². The van der Waals surface area contributed by atoms with Crippen LogP contribution in [0.25, 0.3) is 10.9 Å². The first-order valence-electron chi connectivity index (χ1n) is 5.68. The van der Waals surface area contributed by atoms with Crippen LogP contribution in [0.5, 0.6) is 0 Å². The van der Waals surface area contributed by atoms with Crippen molar-refractivity contribution < 1.29 is 9.90 Å². The molecule has 0 unspecified atom stereocenters. The maximum absolute atomic E-state index is 11.2. The highest BCUT2D eigenvalue weighted by Gasteiger charge is 2.29. The third kappa shape index (κ3) is 2.48. The average Bonchev–Trinajstić information content (AvgIpc) is 2.29. The van der Waals surface area contributed by atoms with Gasteiger partial charge in [0.2, 0.25) is 0 Å². The van der Waals surface area contributed by atoms with Crippen LogP contribution in [0.2, 0.25) is 0 Å².